The number of hydrogen-bond acceptors (Lipinski definition) is 3. The smallest absolute Gasteiger partial charge is 0.191 e. The van der Waals surface area contributed by atoms with E-state index in [0.29, 0.717) is 29.2 Å². The Bertz CT molecular complexity index is 659. The lowest BCUT2D eigenvalue weighted by molar-refractivity contribution is 0.224. The molecular formula is C17H20Cl2N4O. The van der Waals surface area contributed by atoms with Crippen LogP contribution in [0.4, 0.5) is 0 Å². The van der Waals surface area contributed by atoms with E-state index < -0.39 is 0 Å². The van der Waals surface area contributed by atoms with Crippen LogP contribution in [0.5, 0.6) is 5.75 Å². The van der Waals surface area contributed by atoms with Crippen LogP contribution in [0.1, 0.15) is 12.5 Å². The summed E-state index contributed by atoms with van der Waals surface area (Å²) in [6.07, 6.45) is 1.71. The van der Waals surface area contributed by atoms with E-state index in [9.17, 15) is 0 Å². The van der Waals surface area contributed by atoms with Gasteiger partial charge in [0.25, 0.3) is 0 Å². The Morgan fingerprint density at radius 1 is 1.17 bits per heavy atom. The molecule has 0 spiro atoms. The minimum atomic E-state index is -0.0260. The fourth-order valence-electron chi connectivity index (χ4n) is 1.94. The van der Waals surface area contributed by atoms with Crippen LogP contribution in [0.15, 0.2) is 47.6 Å². The van der Waals surface area contributed by atoms with E-state index in [4.69, 9.17) is 27.9 Å². The van der Waals surface area contributed by atoms with Gasteiger partial charge in [-0.1, -0.05) is 29.3 Å². The number of halogens is 2. The lowest BCUT2D eigenvalue weighted by Crippen LogP contribution is -2.41. The summed E-state index contributed by atoms with van der Waals surface area (Å²) in [5.74, 6) is 1.47. The van der Waals surface area contributed by atoms with Crippen LogP contribution in [0, 0.1) is 0 Å². The van der Waals surface area contributed by atoms with Gasteiger partial charge in [0.2, 0.25) is 0 Å². The van der Waals surface area contributed by atoms with Crippen LogP contribution < -0.4 is 15.4 Å². The molecule has 1 aromatic carbocycles. The van der Waals surface area contributed by atoms with Crippen LogP contribution in [0.25, 0.3) is 0 Å². The van der Waals surface area contributed by atoms with Gasteiger partial charge in [-0.3, -0.25) is 4.99 Å². The highest BCUT2D eigenvalue weighted by Crippen LogP contribution is 2.16. The number of benzene rings is 1. The van der Waals surface area contributed by atoms with Gasteiger partial charge in [-0.25, -0.2) is 4.98 Å². The molecule has 2 rings (SSSR count). The Balaban J connectivity index is 1.76. The fraction of sp³-hybridized carbons (Fsp3) is 0.294. The first-order chi connectivity index (χ1) is 11.6. The first kappa shape index (κ1) is 18.4. The molecular weight excluding hydrogens is 347 g/mol. The quantitative estimate of drug-likeness (QED) is 0.466. The van der Waals surface area contributed by atoms with Crippen LogP contribution in [0.2, 0.25) is 10.2 Å². The van der Waals surface area contributed by atoms with Gasteiger partial charge >= 0.3 is 0 Å². The molecule has 0 aliphatic rings. The van der Waals surface area contributed by atoms with Crippen molar-refractivity contribution in [2.75, 3.05) is 13.6 Å². The molecule has 2 aromatic rings. The molecule has 1 atom stereocenters. The number of pyridine rings is 1. The summed E-state index contributed by atoms with van der Waals surface area (Å²) in [6.45, 7) is 3.20. The molecule has 1 unspecified atom stereocenters. The minimum absolute atomic E-state index is 0.0260. The zero-order chi connectivity index (χ0) is 17.4. The molecule has 0 saturated carbocycles. The second-order valence-corrected chi connectivity index (χ2v) is 6.00. The minimum Gasteiger partial charge on any atom is -0.489 e. The van der Waals surface area contributed by atoms with E-state index in [0.717, 1.165) is 11.3 Å². The first-order valence-electron chi connectivity index (χ1n) is 7.54. The summed E-state index contributed by atoms with van der Waals surface area (Å²) < 4.78 is 5.81. The third-order valence-electron chi connectivity index (χ3n) is 3.18. The van der Waals surface area contributed by atoms with Crippen molar-refractivity contribution in [3.63, 3.8) is 0 Å². The predicted molar refractivity (Wildman–Crippen MR) is 99.0 cm³/mol. The standard InChI is InChI=1S/C17H20Cl2N4O/c1-12(24-15-6-4-14(18)5-7-15)9-22-17(20-2)23-11-13-3-8-16(19)21-10-13/h3-8,10,12H,9,11H2,1-2H3,(H2,20,22,23). The first-order valence-corrected chi connectivity index (χ1v) is 8.29. The van der Waals surface area contributed by atoms with Gasteiger partial charge in [0, 0.05) is 24.8 Å². The van der Waals surface area contributed by atoms with Gasteiger partial charge in [-0.15, -0.1) is 0 Å². The molecule has 7 heteroatoms. The molecule has 24 heavy (non-hydrogen) atoms. The number of rotatable bonds is 6. The molecule has 0 bridgehead atoms. The van der Waals surface area contributed by atoms with Gasteiger partial charge in [0.05, 0.1) is 6.54 Å². The van der Waals surface area contributed by atoms with Gasteiger partial charge in [0.15, 0.2) is 5.96 Å². The predicted octanol–water partition coefficient (Wildman–Crippen LogP) is 3.52. The van der Waals surface area contributed by atoms with E-state index >= 15 is 0 Å². The highest BCUT2D eigenvalue weighted by Gasteiger charge is 2.06. The molecule has 128 valence electrons. The summed E-state index contributed by atoms with van der Waals surface area (Å²) in [7, 11) is 1.72. The number of aromatic nitrogens is 1. The maximum atomic E-state index is 5.86. The van der Waals surface area contributed by atoms with Gasteiger partial charge in [0.1, 0.15) is 17.0 Å². The molecule has 5 nitrogen and oxygen atoms in total. The lowest BCUT2D eigenvalue weighted by Gasteiger charge is -2.17. The van der Waals surface area contributed by atoms with E-state index in [1.807, 2.05) is 25.1 Å². The Hall–Kier alpha value is -1.98. The largest absolute Gasteiger partial charge is 0.489 e. The van der Waals surface area contributed by atoms with E-state index in [2.05, 4.69) is 20.6 Å². The zero-order valence-electron chi connectivity index (χ0n) is 13.6. The second-order valence-electron chi connectivity index (χ2n) is 5.18. The van der Waals surface area contributed by atoms with Crippen molar-refractivity contribution in [2.24, 2.45) is 4.99 Å². The fourth-order valence-corrected chi connectivity index (χ4v) is 2.18. The molecule has 0 fully saturated rings. The maximum Gasteiger partial charge on any atom is 0.191 e. The molecule has 0 amide bonds. The Morgan fingerprint density at radius 2 is 1.92 bits per heavy atom. The van der Waals surface area contributed by atoms with Crippen molar-refractivity contribution >= 4 is 29.2 Å². The average molecular weight is 367 g/mol. The number of guanidine groups is 1. The Morgan fingerprint density at radius 3 is 2.54 bits per heavy atom. The van der Waals surface area contributed by atoms with Gasteiger partial charge in [-0.05, 0) is 42.8 Å². The van der Waals surface area contributed by atoms with Crippen LogP contribution in [-0.2, 0) is 6.54 Å². The SMILES string of the molecule is CN=C(NCc1ccc(Cl)nc1)NCC(C)Oc1ccc(Cl)cc1. The van der Waals surface area contributed by atoms with Crippen LogP contribution in [-0.4, -0.2) is 30.6 Å². The van der Waals surface area contributed by atoms with E-state index in [-0.39, 0.29) is 6.10 Å². The van der Waals surface area contributed by atoms with Crippen molar-refractivity contribution in [3.8, 4) is 5.75 Å². The van der Waals surface area contributed by atoms with Crippen molar-refractivity contribution in [3.05, 3.63) is 58.3 Å². The summed E-state index contributed by atoms with van der Waals surface area (Å²) in [5, 5.41) is 7.61. The highest BCUT2D eigenvalue weighted by molar-refractivity contribution is 6.30. The highest BCUT2D eigenvalue weighted by atomic mass is 35.5. The number of hydrogen-bond donors (Lipinski definition) is 2. The number of nitrogens with one attached hydrogen (secondary N) is 2. The monoisotopic (exact) mass is 366 g/mol. The number of aliphatic imine (C=N–C) groups is 1. The van der Waals surface area contributed by atoms with Crippen LogP contribution >= 0.6 is 23.2 Å². The topological polar surface area (TPSA) is 58.5 Å². The van der Waals surface area contributed by atoms with Crippen molar-refractivity contribution in [1.82, 2.24) is 15.6 Å². The summed E-state index contributed by atoms with van der Waals surface area (Å²) >= 11 is 11.6. The number of nitrogens with zero attached hydrogens (tertiary/aromatic N) is 2. The molecule has 2 N–H and O–H groups in total. The van der Waals surface area contributed by atoms with E-state index in [1.54, 1.807) is 31.4 Å². The normalized spacial score (nSPS) is 12.6. The zero-order valence-corrected chi connectivity index (χ0v) is 15.1. The lowest BCUT2D eigenvalue weighted by atomic mass is 10.3. The Kier molecular flexibility index (Phi) is 7.15. The molecule has 0 saturated heterocycles. The molecule has 0 aliphatic heterocycles. The molecule has 0 aliphatic carbocycles. The van der Waals surface area contributed by atoms with Crippen molar-refractivity contribution < 1.29 is 4.74 Å². The van der Waals surface area contributed by atoms with Crippen LogP contribution in [0.3, 0.4) is 0 Å². The summed E-state index contributed by atoms with van der Waals surface area (Å²) in [4.78, 5) is 8.23. The molecule has 1 heterocycles. The molecule has 1 aromatic heterocycles. The van der Waals surface area contributed by atoms with Gasteiger partial charge in [-0.2, -0.15) is 0 Å². The summed E-state index contributed by atoms with van der Waals surface area (Å²) in [5.41, 5.74) is 1.02. The molecule has 0 radical (unpaired) electrons. The van der Waals surface area contributed by atoms with E-state index in [1.165, 1.54) is 0 Å². The summed E-state index contributed by atoms with van der Waals surface area (Å²) in [6, 6.07) is 11.0. The van der Waals surface area contributed by atoms with Crippen molar-refractivity contribution in [1.29, 1.82) is 0 Å². The van der Waals surface area contributed by atoms with Crippen molar-refractivity contribution in [2.45, 2.75) is 19.6 Å². The average Bonchev–Trinajstić information content (AvgIpc) is 2.58. The van der Waals surface area contributed by atoms with Gasteiger partial charge < -0.3 is 15.4 Å². The second kappa shape index (κ2) is 9.35. The number of ether oxygens (including phenoxy) is 1. The third-order valence-corrected chi connectivity index (χ3v) is 3.66. The maximum absolute atomic E-state index is 5.86. The Labute approximate surface area is 152 Å². The third kappa shape index (κ3) is 6.26.